The fourth-order valence-corrected chi connectivity index (χ4v) is 3.22. The van der Waals surface area contributed by atoms with Crippen molar-refractivity contribution in [2.45, 2.75) is 13.3 Å². The molecule has 1 amide bonds. The van der Waals surface area contributed by atoms with E-state index in [4.69, 9.17) is 37.2 Å². The molecule has 0 unspecified atom stereocenters. The molecule has 0 radical (unpaired) electrons. The second-order valence-corrected chi connectivity index (χ2v) is 7.10. The molecule has 7 nitrogen and oxygen atoms in total. The van der Waals surface area contributed by atoms with Crippen molar-refractivity contribution in [1.82, 2.24) is 5.16 Å². The first-order valence-corrected chi connectivity index (χ1v) is 9.68. The number of amides is 1. The van der Waals surface area contributed by atoms with E-state index in [1.54, 1.807) is 18.2 Å². The number of carbonyl (C=O) groups excluding carboxylic acids is 2. The van der Waals surface area contributed by atoms with E-state index in [2.05, 4.69) is 10.5 Å². The zero-order valence-corrected chi connectivity index (χ0v) is 17.7. The number of aromatic nitrogens is 1. The summed E-state index contributed by atoms with van der Waals surface area (Å²) in [6.07, 6.45) is 0.0252. The molecule has 1 heterocycles. The highest BCUT2D eigenvalue weighted by molar-refractivity contribution is 6.39. The summed E-state index contributed by atoms with van der Waals surface area (Å²) in [6.45, 7) is 2.11. The third kappa shape index (κ3) is 4.93. The van der Waals surface area contributed by atoms with Gasteiger partial charge in [0.15, 0.2) is 5.56 Å². The van der Waals surface area contributed by atoms with Gasteiger partial charge in [-0.15, -0.1) is 0 Å². The van der Waals surface area contributed by atoms with Crippen LogP contribution in [0.15, 0.2) is 47.0 Å². The second-order valence-electron chi connectivity index (χ2n) is 6.28. The van der Waals surface area contributed by atoms with E-state index >= 15 is 0 Å². The molecule has 0 atom stereocenters. The van der Waals surface area contributed by atoms with Crippen LogP contribution in [0.1, 0.15) is 22.3 Å². The van der Waals surface area contributed by atoms with Crippen molar-refractivity contribution >= 4 is 41.0 Å². The Morgan fingerprint density at radius 3 is 2.40 bits per heavy atom. The van der Waals surface area contributed by atoms with Crippen LogP contribution in [-0.2, 0) is 9.53 Å². The minimum Gasteiger partial charge on any atom is -0.493 e. The summed E-state index contributed by atoms with van der Waals surface area (Å²) in [6, 6.07) is 12.3. The van der Waals surface area contributed by atoms with Gasteiger partial charge in [0.1, 0.15) is 11.4 Å². The van der Waals surface area contributed by atoms with Crippen molar-refractivity contribution in [3.05, 3.63) is 63.6 Å². The molecule has 2 aromatic carbocycles. The van der Waals surface area contributed by atoms with Crippen molar-refractivity contribution < 1.29 is 23.6 Å². The number of nitrogens with zero attached hydrogens (tertiary/aromatic N) is 1. The molecule has 1 aromatic heterocycles. The van der Waals surface area contributed by atoms with Crippen LogP contribution in [0, 0.1) is 6.92 Å². The Balaban J connectivity index is 1.75. The Morgan fingerprint density at radius 1 is 1.10 bits per heavy atom. The fourth-order valence-electron chi connectivity index (χ4n) is 2.65. The quantitative estimate of drug-likeness (QED) is 0.502. The first-order valence-electron chi connectivity index (χ1n) is 8.92. The van der Waals surface area contributed by atoms with E-state index in [0.29, 0.717) is 11.3 Å². The molecule has 30 heavy (non-hydrogen) atoms. The number of benzene rings is 2. The molecule has 0 aliphatic rings. The van der Waals surface area contributed by atoms with Crippen LogP contribution in [-0.4, -0.2) is 30.7 Å². The number of rotatable bonds is 7. The number of ether oxygens (including phenoxy) is 2. The maximum Gasteiger partial charge on any atom is 0.345 e. The highest BCUT2D eigenvalue weighted by atomic mass is 35.5. The zero-order chi connectivity index (χ0) is 21.7. The summed E-state index contributed by atoms with van der Waals surface area (Å²) in [5.41, 5.74) is 1.40. The monoisotopic (exact) mass is 448 g/mol. The Bertz CT molecular complexity index is 1040. The number of aryl methyl sites for hydroxylation is 1. The summed E-state index contributed by atoms with van der Waals surface area (Å²) in [7, 11) is 1.20. The number of nitrogens with one attached hydrogen (secondary N) is 1. The number of methoxy groups -OCH3 is 1. The van der Waals surface area contributed by atoms with Crippen molar-refractivity contribution in [2.75, 3.05) is 19.0 Å². The topological polar surface area (TPSA) is 90.7 Å². The lowest BCUT2D eigenvalue weighted by Gasteiger charge is -2.08. The normalized spacial score (nSPS) is 10.5. The minimum absolute atomic E-state index is 0.0252. The van der Waals surface area contributed by atoms with Crippen molar-refractivity contribution in [3.63, 3.8) is 0 Å². The number of esters is 1. The molecule has 0 saturated carbocycles. The Morgan fingerprint density at radius 2 is 1.77 bits per heavy atom. The fraction of sp³-hybridized carbons (Fsp3) is 0.190. The SMILES string of the molecule is COC(=O)c1c(-c2c(Cl)cccc2Cl)noc1NC(=O)CCOc1ccc(C)cc1. The predicted octanol–water partition coefficient (Wildman–Crippen LogP) is 5.15. The molecule has 0 fully saturated rings. The predicted molar refractivity (Wildman–Crippen MR) is 113 cm³/mol. The maximum atomic E-state index is 12.3. The Hall–Kier alpha value is -3.03. The lowest BCUT2D eigenvalue weighted by atomic mass is 10.1. The summed E-state index contributed by atoms with van der Waals surface area (Å²) in [4.78, 5) is 24.7. The van der Waals surface area contributed by atoms with Gasteiger partial charge >= 0.3 is 5.97 Å². The van der Waals surface area contributed by atoms with Crippen LogP contribution in [0.5, 0.6) is 5.75 Å². The molecule has 1 N–H and O–H groups in total. The molecular weight excluding hydrogens is 431 g/mol. The maximum absolute atomic E-state index is 12.3. The molecule has 0 bridgehead atoms. The second kappa shape index (κ2) is 9.65. The number of hydrogen-bond donors (Lipinski definition) is 1. The van der Waals surface area contributed by atoms with Gasteiger partial charge in [0.25, 0.3) is 0 Å². The first kappa shape index (κ1) is 21.7. The lowest BCUT2D eigenvalue weighted by Crippen LogP contribution is -2.17. The first-order chi connectivity index (χ1) is 14.4. The molecule has 0 aliphatic heterocycles. The standard InChI is InChI=1S/C21H18Cl2N2O5/c1-12-6-8-13(9-7-12)29-11-10-16(26)24-20-18(21(27)28-2)19(25-30-20)17-14(22)4-3-5-15(17)23/h3-9H,10-11H2,1-2H3,(H,24,26). The van der Waals surface area contributed by atoms with Crippen molar-refractivity contribution in [3.8, 4) is 17.0 Å². The van der Waals surface area contributed by atoms with Crippen LogP contribution in [0.3, 0.4) is 0 Å². The Labute approximate surface area is 182 Å². The molecule has 3 rings (SSSR count). The Kier molecular flexibility index (Phi) is 6.97. The molecule has 0 saturated heterocycles. The third-order valence-corrected chi connectivity index (χ3v) is 4.78. The largest absolute Gasteiger partial charge is 0.493 e. The molecule has 0 aliphatic carbocycles. The van der Waals surface area contributed by atoms with Crippen LogP contribution in [0.4, 0.5) is 5.88 Å². The van der Waals surface area contributed by atoms with Crippen LogP contribution >= 0.6 is 23.2 Å². The molecule has 3 aromatic rings. The smallest absolute Gasteiger partial charge is 0.345 e. The number of carbonyl (C=O) groups is 2. The van der Waals surface area contributed by atoms with Gasteiger partial charge in [-0.05, 0) is 31.2 Å². The third-order valence-electron chi connectivity index (χ3n) is 4.15. The summed E-state index contributed by atoms with van der Waals surface area (Å²) >= 11 is 12.4. The van der Waals surface area contributed by atoms with Crippen LogP contribution in [0.2, 0.25) is 10.0 Å². The van der Waals surface area contributed by atoms with Gasteiger partial charge in [0.2, 0.25) is 11.8 Å². The van der Waals surface area contributed by atoms with E-state index in [9.17, 15) is 9.59 Å². The van der Waals surface area contributed by atoms with Crippen molar-refractivity contribution in [2.24, 2.45) is 0 Å². The van der Waals surface area contributed by atoms with E-state index in [1.807, 2.05) is 31.2 Å². The van der Waals surface area contributed by atoms with E-state index in [0.717, 1.165) is 5.56 Å². The van der Waals surface area contributed by atoms with Gasteiger partial charge in [-0.2, -0.15) is 0 Å². The number of halogens is 2. The van der Waals surface area contributed by atoms with Crippen molar-refractivity contribution in [1.29, 1.82) is 0 Å². The molecule has 156 valence electrons. The van der Waals surface area contributed by atoms with Gasteiger partial charge < -0.3 is 14.0 Å². The van der Waals surface area contributed by atoms with Gasteiger partial charge in [0.05, 0.1) is 30.2 Å². The highest BCUT2D eigenvalue weighted by Gasteiger charge is 2.28. The average molecular weight is 449 g/mol. The lowest BCUT2D eigenvalue weighted by molar-refractivity contribution is -0.116. The summed E-state index contributed by atoms with van der Waals surface area (Å²) < 4.78 is 15.5. The molecule has 0 spiro atoms. The minimum atomic E-state index is -0.756. The zero-order valence-electron chi connectivity index (χ0n) is 16.2. The number of hydrogen-bond acceptors (Lipinski definition) is 6. The summed E-state index contributed by atoms with van der Waals surface area (Å²) in [5, 5.41) is 6.93. The van der Waals surface area contributed by atoms with E-state index in [-0.39, 0.29) is 40.2 Å². The summed E-state index contributed by atoms with van der Waals surface area (Å²) in [5.74, 6) is -0.694. The highest BCUT2D eigenvalue weighted by Crippen LogP contribution is 2.38. The van der Waals surface area contributed by atoms with Gasteiger partial charge in [-0.25, -0.2) is 4.79 Å². The van der Waals surface area contributed by atoms with Crippen LogP contribution < -0.4 is 10.1 Å². The van der Waals surface area contributed by atoms with E-state index in [1.165, 1.54) is 7.11 Å². The van der Waals surface area contributed by atoms with Gasteiger partial charge in [0, 0.05) is 5.56 Å². The van der Waals surface area contributed by atoms with Crippen LogP contribution in [0.25, 0.3) is 11.3 Å². The van der Waals surface area contributed by atoms with Gasteiger partial charge in [-0.3, -0.25) is 10.1 Å². The molecule has 9 heteroatoms. The number of anilines is 1. The average Bonchev–Trinajstić information content (AvgIpc) is 3.11. The molecular formula is C21H18Cl2N2O5. The van der Waals surface area contributed by atoms with E-state index < -0.39 is 11.9 Å². The van der Waals surface area contributed by atoms with Gasteiger partial charge in [-0.1, -0.05) is 52.1 Å².